The Labute approximate surface area is 168 Å². The molecule has 2 aromatic rings. The molecule has 0 saturated carbocycles. The van der Waals surface area contributed by atoms with E-state index in [0.717, 1.165) is 0 Å². The van der Waals surface area contributed by atoms with Crippen LogP contribution in [-0.4, -0.2) is 49.2 Å². The quantitative estimate of drug-likeness (QED) is 0.779. The number of hydroxylamine groups is 3. The number of carbonyl (C=O) groups excluding carboxylic acids is 1. The van der Waals surface area contributed by atoms with Gasteiger partial charge in [0.05, 0.1) is 41.9 Å². The van der Waals surface area contributed by atoms with Gasteiger partial charge < -0.3 is 19.4 Å². The van der Waals surface area contributed by atoms with Crippen LogP contribution >= 0.6 is 23.2 Å². The van der Waals surface area contributed by atoms with Crippen molar-refractivity contribution in [3.05, 3.63) is 63.6 Å². The molecule has 1 fully saturated rings. The van der Waals surface area contributed by atoms with Crippen molar-refractivity contribution in [2.24, 2.45) is 0 Å². The van der Waals surface area contributed by atoms with E-state index in [2.05, 4.69) is 0 Å². The molecule has 1 N–H and O–H groups in total. The average molecular weight is 414 g/mol. The number of morpholine rings is 1. The number of nitrogens with zero attached hydrogens (tertiary/aromatic N) is 1. The molecule has 3 rings (SSSR count). The first-order valence-electron chi connectivity index (χ1n) is 8.30. The molecule has 0 radical (unpaired) electrons. The zero-order valence-electron chi connectivity index (χ0n) is 14.9. The van der Waals surface area contributed by atoms with Crippen molar-refractivity contribution >= 4 is 29.2 Å². The number of quaternary nitrogens is 1. The molecule has 1 aliphatic rings. The molecular formula is C19H21Cl2NO5. The number of carbonyl (C=O) groups is 1. The number of methoxy groups -OCH3 is 1. The zero-order chi connectivity index (χ0) is 19.9. The average Bonchev–Trinajstić information content (AvgIpc) is 2.64. The molecule has 1 saturated heterocycles. The summed E-state index contributed by atoms with van der Waals surface area (Å²) in [5, 5.41) is 21.0. The number of aromatic carboxylic acids is 1. The van der Waals surface area contributed by atoms with Crippen LogP contribution in [0.1, 0.15) is 15.9 Å². The number of benzene rings is 2. The Hall–Kier alpha value is -1.83. The molecule has 2 aromatic carbocycles. The summed E-state index contributed by atoms with van der Waals surface area (Å²) in [6.07, 6.45) is 0. The highest BCUT2D eigenvalue weighted by Gasteiger charge is 2.28. The maximum absolute atomic E-state index is 10.6. The molecule has 8 heteroatoms. The van der Waals surface area contributed by atoms with Gasteiger partial charge in [-0.3, -0.25) is 0 Å². The number of hydrogen-bond donors (Lipinski definition) is 1. The standard InChI is InChI=1S/C11H16NO2.C8H6Cl2O3/c13-12(6-8-14-9-7-12)10-11-4-2-1-3-5-11;1-13-7-5(10)3-2-4(9)6(7)8(11)12/h1-5,13H,6-10H2;2-3H,1H3,(H,11,12)/q+1;/p-1. The van der Waals surface area contributed by atoms with Gasteiger partial charge in [-0.05, 0) is 12.1 Å². The Bertz CT molecular complexity index is 764. The van der Waals surface area contributed by atoms with E-state index in [9.17, 15) is 15.1 Å². The Balaban J connectivity index is 0.000000194. The van der Waals surface area contributed by atoms with Crippen molar-refractivity contribution in [3.8, 4) is 5.75 Å². The summed E-state index contributed by atoms with van der Waals surface area (Å²) < 4.78 is 10.1. The van der Waals surface area contributed by atoms with Gasteiger partial charge in [-0.1, -0.05) is 53.5 Å². The van der Waals surface area contributed by atoms with E-state index in [1.807, 2.05) is 30.3 Å². The monoisotopic (exact) mass is 413 g/mol. The van der Waals surface area contributed by atoms with E-state index in [-0.39, 0.29) is 26.0 Å². The van der Waals surface area contributed by atoms with Crippen LogP contribution in [0.25, 0.3) is 0 Å². The fraction of sp³-hybridized carbons (Fsp3) is 0.316. The molecular weight excluding hydrogens is 393 g/mol. The summed E-state index contributed by atoms with van der Waals surface area (Å²) >= 11 is 11.3. The third kappa shape index (κ3) is 6.09. The van der Waals surface area contributed by atoms with Gasteiger partial charge in [-0.25, -0.2) is 5.21 Å². The normalized spacial score (nSPS) is 15.4. The number of hydrogen-bond acceptors (Lipinski definition) is 5. The largest absolute Gasteiger partial charge is 0.545 e. The van der Waals surface area contributed by atoms with E-state index < -0.39 is 5.97 Å². The minimum Gasteiger partial charge on any atom is -0.545 e. The van der Waals surface area contributed by atoms with Gasteiger partial charge >= 0.3 is 0 Å². The van der Waals surface area contributed by atoms with Gasteiger partial charge in [-0.2, -0.15) is 4.65 Å². The highest BCUT2D eigenvalue weighted by molar-refractivity contribution is 6.36. The van der Waals surface area contributed by atoms with Crippen molar-refractivity contribution in [3.63, 3.8) is 0 Å². The molecule has 0 amide bonds. The summed E-state index contributed by atoms with van der Waals surface area (Å²) in [6.45, 7) is 3.38. The Morgan fingerprint density at radius 1 is 1.15 bits per heavy atom. The first kappa shape index (κ1) is 21.5. The molecule has 6 nitrogen and oxygen atoms in total. The first-order chi connectivity index (χ1) is 12.9. The van der Waals surface area contributed by atoms with Crippen LogP contribution < -0.4 is 9.84 Å². The van der Waals surface area contributed by atoms with Gasteiger partial charge in [-0.15, -0.1) is 0 Å². The smallest absolute Gasteiger partial charge is 0.147 e. The van der Waals surface area contributed by atoms with Gasteiger partial charge in [0.1, 0.15) is 25.4 Å². The molecule has 0 aromatic heterocycles. The second kappa shape index (κ2) is 9.92. The van der Waals surface area contributed by atoms with Crippen molar-refractivity contribution in [2.45, 2.75) is 6.54 Å². The zero-order valence-corrected chi connectivity index (χ0v) is 16.4. The van der Waals surface area contributed by atoms with Gasteiger partial charge in [0.25, 0.3) is 0 Å². The lowest BCUT2D eigenvalue weighted by molar-refractivity contribution is -1.12. The molecule has 0 aliphatic carbocycles. The van der Waals surface area contributed by atoms with Crippen molar-refractivity contribution in [1.82, 2.24) is 0 Å². The Kier molecular flexibility index (Phi) is 7.89. The minimum absolute atomic E-state index is 0.0224. The van der Waals surface area contributed by atoms with Crippen molar-refractivity contribution < 1.29 is 29.2 Å². The van der Waals surface area contributed by atoms with Gasteiger partial charge in [0.2, 0.25) is 0 Å². The number of rotatable bonds is 4. The van der Waals surface area contributed by atoms with Crippen LogP contribution in [0.4, 0.5) is 0 Å². The van der Waals surface area contributed by atoms with E-state index in [1.165, 1.54) is 24.8 Å². The van der Waals surface area contributed by atoms with Crippen molar-refractivity contribution in [1.29, 1.82) is 0 Å². The molecule has 0 unspecified atom stereocenters. The minimum atomic E-state index is -1.41. The highest BCUT2D eigenvalue weighted by Crippen LogP contribution is 2.33. The predicted molar refractivity (Wildman–Crippen MR) is 100 cm³/mol. The summed E-state index contributed by atoms with van der Waals surface area (Å²) in [5.74, 6) is -1.39. The fourth-order valence-electron chi connectivity index (χ4n) is 2.69. The molecule has 1 aliphatic heterocycles. The van der Waals surface area contributed by atoms with Crippen LogP contribution in [0.5, 0.6) is 5.75 Å². The predicted octanol–water partition coefficient (Wildman–Crippen LogP) is 2.79. The summed E-state index contributed by atoms with van der Waals surface area (Å²) in [4.78, 5) is 10.6. The number of carboxylic acid groups (broad SMARTS) is 1. The second-order valence-corrected chi connectivity index (χ2v) is 6.84. The number of halogens is 2. The number of carboxylic acids is 1. The van der Waals surface area contributed by atoms with Gasteiger partial charge in [0.15, 0.2) is 0 Å². The summed E-state index contributed by atoms with van der Waals surface area (Å²) in [6, 6.07) is 12.9. The lowest BCUT2D eigenvalue weighted by Gasteiger charge is -2.33. The van der Waals surface area contributed by atoms with E-state index in [1.54, 1.807) is 0 Å². The third-order valence-electron chi connectivity index (χ3n) is 4.09. The van der Waals surface area contributed by atoms with Crippen LogP contribution in [-0.2, 0) is 11.3 Å². The maximum Gasteiger partial charge on any atom is 0.147 e. The SMILES string of the molecule is COc1c(Cl)ccc(Cl)c1C(=O)[O-].O[N+]1(Cc2ccccc2)CCOCC1. The molecule has 0 spiro atoms. The van der Waals surface area contributed by atoms with E-state index in [4.69, 9.17) is 32.7 Å². The highest BCUT2D eigenvalue weighted by atomic mass is 35.5. The molecule has 1 heterocycles. The van der Waals surface area contributed by atoms with Crippen LogP contribution in [0.15, 0.2) is 42.5 Å². The lowest BCUT2D eigenvalue weighted by Crippen LogP contribution is -2.51. The summed E-state index contributed by atoms with van der Waals surface area (Å²) in [5.41, 5.74) is 0.952. The van der Waals surface area contributed by atoms with Crippen LogP contribution in [0.2, 0.25) is 10.0 Å². The third-order valence-corrected chi connectivity index (χ3v) is 4.70. The van der Waals surface area contributed by atoms with Crippen LogP contribution in [0, 0.1) is 0 Å². The topological polar surface area (TPSA) is 78.8 Å². The molecule has 27 heavy (non-hydrogen) atoms. The molecule has 0 atom stereocenters. The Morgan fingerprint density at radius 2 is 1.74 bits per heavy atom. The van der Waals surface area contributed by atoms with E-state index >= 15 is 0 Å². The van der Waals surface area contributed by atoms with Crippen LogP contribution in [0.3, 0.4) is 0 Å². The number of ether oxygens (including phenoxy) is 2. The van der Waals surface area contributed by atoms with E-state index in [0.29, 0.717) is 32.8 Å². The Morgan fingerprint density at radius 3 is 2.26 bits per heavy atom. The molecule has 146 valence electrons. The fourth-order valence-corrected chi connectivity index (χ4v) is 3.15. The summed E-state index contributed by atoms with van der Waals surface area (Å²) in [7, 11) is 1.31. The first-order valence-corrected chi connectivity index (χ1v) is 9.06. The molecule has 0 bridgehead atoms. The second-order valence-electron chi connectivity index (χ2n) is 6.02. The lowest BCUT2D eigenvalue weighted by atomic mass is 10.2. The maximum atomic E-state index is 10.6. The van der Waals surface area contributed by atoms with Crippen molar-refractivity contribution in [2.75, 3.05) is 33.4 Å². The van der Waals surface area contributed by atoms with Gasteiger partial charge in [0, 0.05) is 5.56 Å².